The van der Waals surface area contributed by atoms with Crippen molar-refractivity contribution in [3.8, 4) is 11.3 Å². The monoisotopic (exact) mass is 259 g/mol. The molecule has 2 unspecified atom stereocenters. The summed E-state index contributed by atoms with van der Waals surface area (Å²) in [5.41, 5.74) is 3.33. The highest BCUT2D eigenvalue weighted by molar-refractivity contribution is 5.62. The van der Waals surface area contributed by atoms with Crippen molar-refractivity contribution in [2.75, 3.05) is 6.61 Å². The van der Waals surface area contributed by atoms with Crippen molar-refractivity contribution in [2.45, 2.75) is 26.4 Å². The summed E-state index contributed by atoms with van der Waals surface area (Å²) in [5, 5.41) is 19.7. The molecule has 0 saturated carbocycles. The van der Waals surface area contributed by atoms with Crippen molar-refractivity contribution >= 4 is 0 Å². The smallest absolute Gasteiger partial charge is 0.0695 e. The molecule has 2 rings (SSSR count). The second-order valence-corrected chi connectivity index (χ2v) is 4.97. The van der Waals surface area contributed by atoms with Gasteiger partial charge in [-0.05, 0) is 18.4 Å². The molecule has 0 aliphatic rings. The fourth-order valence-corrected chi connectivity index (χ4v) is 1.93. The van der Waals surface area contributed by atoms with Crippen LogP contribution < -0.4 is 5.32 Å². The summed E-state index contributed by atoms with van der Waals surface area (Å²) in [5.74, 6) is 0.243. The predicted octanol–water partition coefficient (Wildman–Crippen LogP) is 2.18. The molecule has 2 atom stereocenters. The van der Waals surface area contributed by atoms with Crippen LogP contribution in [0.25, 0.3) is 11.3 Å². The van der Waals surface area contributed by atoms with Crippen molar-refractivity contribution in [2.24, 2.45) is 5.92 Å². The summed E-state index contributed by atoms with van der Waals surface area (Å²) >= 11 is 0. The highest BCUT2D eigenvalue weighted by Crippen LogP contribution is 2.20. The average molecular weight is 259 g/mol. The van der Waals surface area contributed by atoms with Gasteiger partial charge >= 0.3 is 0 Å². The topological polar surface area (TPSA) is 60.9 Å². The number of rotatable bonds is 6. The zero-order valence-electron chi connectivity index (χ0n) is 11.4. The summed E-state index contributed by atoms with van der Waals surface area (Å²) in [4.78, 5) is 0. The van der Waals surface area contributed by atoms with E-state index in [1.165, 1.54) is 0 Å². The molecule has 0 spiro atoms. The lowest BCUT2D eigenvalue weighted by Crippen LogP contribution is -2.33. The molecule has 19 heavy (non-hydrogen) atoms. The maximum absolute atomic E-state index is 9.14. The summed E-state index contributed by atoms with van der Waals surface area (Å²) < 4.78 is 0. The number of nitrogens with one attached hydrogen (secondary N) is 2. The predicted molar refractivity (Wildman–Crippen MR) is 76.6 cm³/mol. The summed E-state index contributed by atoms with van der Waals surface area (Å²) in [6.45, 7) is 5.06. The number of aliphatic hydroxyl groups is 1. The Morgan fingerprint density at radius 3 is 2.68 bits per heavy atom. The van der Waals surface area contributed by atoms with Gasteiger partial charge in [-0.3, -0.25) is 5.10 Å². The molecule has 102 valence electrons. The lowest BCUT2D eigenvalue weighted by molar-refractivity contribution is 0.207. The molecule has 0 aliphatic heterocycles. The Bertz CT molecular complexity index is 495. The number of hydrogen-bond acceptors (Lipinski definition) is 3. The molecule has 0 radical (unpaired) electrons. The molecule has 0 saturated heterocycles. The molecule has 0 amide bonds. The maximum atomic E-state index is 9.14. The van der Waals surface area contributed by atoms with Gasteiger partial charge in [-0.15, -0.1) is 0 Å². The third-order valence-electron chi connectivity index (χ3n) is 3.54. The first kappa shape index (κ1) is 13.8. The van der Waals surface area contributed by atoms with Gasteiger partial charge < -0.3 is 10.4 Å². The average Bonchev–Trinajstić information content (AvgIpc) is 2.93. The minimum absolute atomic E-state index is 0.199. The maximum Gasteiger partial charge on any atom is 0.0695 e. The Morgan fingerprint density at radius 2 is 2.00 bits per heavy atom. The first-order chi connectivity index (χ1) is 9.22. The van der Waals surface area contributed by atoms with Crippen LogP contribution in [0, 0.1) is 5.92 Å². The molecule has 1 heterocycles. The van der Waals surface area contributed by atoms with E-state index in [1.54, 1.807) is 0 Å². The normalized spacial score (nSPS) is 14.3. The molecule has 3 N–H and O–H groups in total. The third-order valence-corrected chi connectivity index (χ3v) is 3.54. The van der Waals surface area contributed by atoms with Gasteiger partial charge in [0.25, 0.3) is 0 Å². The van der Waals surface area contributed by atoms with E-state index < -0.39 is 0 Å². The number of hydrogen-bond donors (Lipinski definition) is 3. The van der Waals surface area contributed by atoms with Crippen LogP contribution in [0.4, 0.5) is 0 Å². The van der Waals surface area contributed by atoms with Crippen molar-refractivity contribution < 1.29 is 5.11 Å². The highest BCUT2D eigenvalue weighted by Gasteiger charge is 2.12. The molecule has 0 bridgehead atoms. The van der Waals surface area contributed by atoms with Crippen LogP contribution in [0.5, 0.6) is 0 Å². The number of benzene rings is 1. The lowest BCUT2D eigenvalue weighted by Gasteiger charge is -2.19. The zero-order valence-corrected chi connectivity index (χ0v) is 11.4. The van der Waals surface area contributed by atoms with Gasteiger partial charge in [-0.2, -0.15) is 5.10 Å². The first-order valence-corrected chi connectivity index (χ1v) is 6.64. The van der Waals surface area contributed by atoms with Crippen LogP contribution in [-0.2, 0) is 6.54 Å². The van der Waals surface area contributed by atoms with Gasteiger partial charge in [0.15, 0.2) is 0 Å². The third kappa shape index (κ3) is 3.43. The van der Waals surface area contributed by atoms with E-state index in [1.807, 2.05) is 31.3 Å². The fraction of sp³-hybridized carbons (Fsp3) is 0.400. The first-order valence-electron chi connectivity index (χ1n) is 6.64. The molecule has 0 fully saturated rings. The fourth-order valence-electron chi connectivity index (χ4n) is 1.93. The Kier molecular flexibility index (Phi) is 4.71. The van der Waals surface area contributed by atoms with Crippen molar-refractivity contribution in [1.29, 1.82) is 0 Å². The Morgan fingerprint density at radius 1 is 1.26 bits per heavy atom. The van der Waals surface area contributed by atoms with Crippen molar-refractivity contribution in [3.05, 3.63) is 42.1 Å². The van der Waals surface area contributed by atoms with Gasteiger partial charge in [0, 0.05) is 24.8 Å². The minimum Gasteiger partial charge on any atom is -0.396 e. The second-order valence-electron chi connectivity index (χ2n) is 4.97. The highest BCUT2D eigenvalue weighted by atomic mass is 16.3. The molecule has 4 nitrogen and oxygen atoms in total. The van der Waals surface area contributed by atoms with E-state index in [2.05, 4.69) is 34.6 Å². The lowest BCUT2D eigenvalue weighted by atomic mass is 10.0. The molecular weight excluding hydrogens is 238 g/mol. The van der Waals surface area contributed by atoms with Gasteiger partial charge in [0.2, 0.25) is 0 Å². The molecule has 2 aromatic rings. The van der Waals surface area contributed by atoms with E-state index in [-0.39, 0.29) is 18.6 Å². The van der Waals surface area contributed by atoms with Crippen molar-refractivity contribution in [3.63, 3.8) is 0 Å². The Balaban J connectivity index is 2.05. The molecule has 1 aromatic carbocycles. The van der Waals surface area contributed by atoms with Gasteiger partial charge in [-0.25, -0.2) is 0 Å². The van der Waals surface area contributed by atoms with Crippen LogP contribution >= 0.6 is 0 Å². The largest absolute Gasteiger partial charge is 0.396 e. The van der Waals surface area contributed by atoms with Crippen LogP contribution in [-0.4, -0.2) is 28.0 Å². The molecule has 1 aromatic heterocycles. The van der Waals surface area contributed by atoms with E-state index in [0.717, 1.165) is 23.4 Å². The summed E-state index contributed by atoms with van der Waals surface area (Å²) in [6.07, 6.45) is 1.85. The minimum atomic E-state index is 0.199. The molecular formula is C15H21N3O. The van der Waals surface area contributed by atoms with Gasteiger partial charge in [-0.1, -0.05) is 37.3 Å². The number of H-pyrrole nitrogens is 1. The number of nitrogens with zero attached hydrogens (tertiary/aromatic N) is 1. The Labute approximate surface area is 113 Å². The molecule has 4 heteroatoms. The van der Waals surface area contributed by atoms with Crippen LogP contribution in [0.3, 0.4) is 0 Å². The van der Waals surface area contributed by atoms with E-state index in [9.17, 15) is 0 Å². The van der Waals surface area contributed by atoms with Crippen LogP contribution in [0.15, 0.2) is 36.5 Å². The summed E-state index contributed by atoms with van der Waals surface area (Å²) in [6, 6.07) is 10.4. The van der Waals surface area contributed by atoms with Crippen molar-refractivity contribution in [1.82, 2.24) is 15.5 Å². The van der Waals surface area contributed by atoms with Gasteiger partial charge in [0.05, 0.1) is 11.9 Å². The second kappa shape index (κ2) is 6.50. The quantitative estimate of drug-likeness (QED) is 0.745. The van der Waals surface area contributed by atoms with Crippen LogP contribution in [0.2, 0.25) is 0 Å². The Hall–Kier alpha value is -1.65. The zero-order chi connectivity index (χ0) is 13.7. The standard InChI is InChI=1S/C15H21N3O/c1-11(10-19)12(2)16-8-14-9-17-18-15(14)13-6-4-3-5-7-13/h3-7,9,11-12,16,19H,8,10H2,1-2H3,(H,17,18). The van der Waals surface area contributed by atoms with Gasteiger partial charge in [0.1, 0.15) is 0 Å². The van der Waals surface area contributed by atoms with Crippen LogP contribution in [0.1, 0.15) is 19.4 Å². The van der Waals surface area contributed by atoms with E-state index >= 15 is 0 Å². The SMILES string of the molecule is CC(CO)C(C)NCc1cn[nH]c1-c1ccccc1. The molecule has 0 aliphatic carbocycles. The number of aliphatic hydroxyl groups excluding tert-OH is 1. The number of aromatic amines is 1. The van der Waals surface area contributed by atoms with E-state index in [0.29, 0.717) is 0 Å². The summed E-state index contributed by atoms with van der Waals surface area (Å²) in [7, 11) is 0. The number of aromatic nitrogens is 2. The van der Waals surface area contributed by atoms with E-state index in [4.69, 9.17) is 5.11 Å².